The second-order valence-corrected chi connectivity index (χ2v) is 1.99. The summed E-state index contributed by atoms with van der Waals surface area (Å²) < 4.78 is 0. The van der Waals surface area contributed by atoms with Crippen molar-refractivity contribution >= 4 is 0 Å². The second kappa shape index (κ2) is 0.699. The SMILES string of the molecule is [C]1CC2=C(C1)C2. The highest BCUT2D eigenvalue weighted by Gasteiger charge is 2.25. The van der Waals surface area contributed by atoms with Crippen LogP contribution in [0.1, 0.15) is 19.3 Å². The van der Waals surface area contributed by atoms with Crippen LogP contribution in [0.25, 0.3) is 0 Å². The van der Waals surface area contributed by atoms with Crippen LogP contribution >= 0.6 is 0 Å². The summed E-state index contributed by atoms with van der Waals surface area (Å²) in [6.45, 7) is 0. The standard InChI is InChI=1S/C6H6/c1-2-5-4-6(5)3-1/h2-4H2. The van der Waals surface area contributed by atoms with Gasteiger partial charge in [0.1, 0.15) is 0 Å². The molecule has 0 aromatic heterocycles. The van der Waals surface area contributed by atoms with E-state index >= 15 is 0 Å². The molecule has 30 valence electrons. The van der Waals surface area contributed by atoms with Crippen LogP contribution in [0, 0.1) is 6.42 Å². The van der Waals surface area contributed by atoms with E-state index in [1.165, 1.54) is 19.3 Å². The minimum atomic E-state index is 1.19. The van der Waals surface area contributed by atoms with Gasteiger partial charge in [0.25, 0.3) is 0 Å². The Hall–Kier alpha value is -0.260. The van der Waals surface area contributed by atoms with E-state index in [0.717, 1.165) is 0 Å². The van der Waals surface area contributed by atoms with Crippen LogP contribution < -0.4 is 0 Å². The van der Waals surface area contributed by atoms with E-state index in [-0.39, 0.29) is 0 Å². The molecule has 0 saturated carbocycles. The first-order valence-corrected chi connectivity index (χ1v) is 2.37. The van der Waals surface area contributed by atoms with Crippen LogP contribution in [0.5, 0.6) is 0 Å². The van der Waals surface area contributed by atoms with E-state index in [4.69, 9.17) is 0 Å². The van der Waals surface area contributed by atoms with E-state index in [1.807, 2.05) is 0 Å². The molecular formula is C6H6. The van der Waals surface area contributed by atoms with Gasteiger partial charge in [-0.1, -0.05) is 11.1 Å². The summed E-state index contributed by atoms with van der Waals surface area (Å²) in [5.74, 6) is 0. The molecule has 0 saturated heterocycles. The van der Waals surface area contributed by atoms with Gasteiger partial charge >= 0.3 is 0 Å². The second-order valence-electron chi connectivity index (χ2n) is 1.99. The fraction of sp³-hybridized carbons (Fsp3) is 0.500. The third kappa shape index (κ3) is 0.204. The zero-order valence-electron chi connectivity index (χ0n) is 3.62. The van der Waals surface area contributed by atoms with Gasteiger partial charge in [-0.15, -0.1) is 0 Å². The Morgan fingerprint density at radius 3 is 2.00 bits per heavy atom. The fourth-order valence-corrected chi connectivity index (χ4v) is 0.953. The molecule has 0 aliphatic heterocycles. The van der Waals surface area contributed by atoms with Crippen LogP contribution in [0.3, 0.4) is 0 Å². The van der Waals surface area contributed by atoms with E-state index in [2.05, 4.69) is 6.42 Å². The summed E-state index contributed by atoms with van der Waals surface area (Å²) in [6.07, 6.45) is 6.98. The largest absolute Gasteiger partial charge is 0.0660 e. The maximum Gasteiger partial charge on any atom is -0.00860 e. The molecule has 0 nitrogen and oxygen atoms in total. The van der Waals surface area contributed by atoms with Crippen molar-refractivity contribution in [3.63, 3.8) is 0 Å². The Morgan fingerprint density at radius 1 is 1.17 bits per heavy atom. The van der Waals surface area contributed by atoms with Crippen molar-refractivity contribution in [2.24, 2.45) is 0 Å². The molecule has 2 aliphatic carbocycles. The molecule has 0 unspecified atom stereocenters. The zero-order valence-corrected chi connectivity index (χ0v) is 3.62. The predicted molar refractivity (Wildman–Crippen MR) is 24.1 cm³/mol. The first-order valence-electron chi connectivity index (χ1n) is 2.37. The monoisotopic (exact) mass is 78.0 g/mol. The van der Waals surface area contributed by atoms with Gasteiger partial charge in [0.2, 0.25) is 0 Å². The topological polar surface area (TPSA) is 0 Å². The average Bonchev–Trinajstić information content (AvgIpc) is 2.17. The maximum absolute atomic E-state index is 3.25. The van der Waals surface area contributed by atoms with Crippen molar-refractivity contribution in [2.75, 3.05) is 0 Å². The van der Waals surface area contributed by atoms with Gasteiger partial charge in [-0.2, -0.15) is 0 Å². The average molecular weight is 78.1 g/mol. The number of allylic oxidation sites excluding steroid dienone is 2. The Balaban J connectivity index is 2.29. The first kappa shape index (κ1) is 2.84. The molecule has 0 spiro atoms. The lowest BCUT2D eigenvalue weighted by Gasteiger charge is -1.84. The predicted octanol–water partition coefficient (Wildman–Crippen LogP) is 1.56. The smallest absolute Gasteiger partial charge is 0.00860 e. The van der Waals surface area contributed by atoms with Crippen molar-refractivity contribution in [3.8, 4) is 0 Å². The lowest BCUT2D eigenvalue weighted by molar-refractivity contribution is 1.04. The van der Waals surface area contributed by atoms with Crippen molar-refractivity contribution in [2.45, 2.75) is 19.3 Å². The number of hydrogen-bond donors (Lipinski definition) is 0. The van der Waals surface area contributed by atoms with E-state index in [1.54, 1.807) is 11.1 Å². The van der Waals surface area contributed by atoms with Crippen molar-refractivity contribution in [1.82, 2.24) is 0 Å². The molecule has 2 aliphatic rings. The van der Waals surface area contributed by atoms with Crippen LogP contribution in [-0.4, -0.2) is 0 Å². The summed E-state index contributed by atoms with van der Waals surface area (Å²) >= 11 is 0. The summed E-state index contributed by atoms with van der Waals surface area (Å²) in [5.41, 5.74) is 3.35. The Kier molecular flexibility index (Phi) is 0.331. The quantitative estimate of drug-likeness (QED) is 0.386. The molecule has 6 heavy (non-hydrogen) atoms. The van der Waals surface area contributed by atoms with Gasteiger partial charge in [0, 0.05) is 0 Å². The highest BCUT2D eigenvalue weighted by molar-refractivity contribution is 5.41. The van der Waals surface area contributed by atoms with E-state index < -0.39 is 0 Å². The van der Waals surface area contributed by atoms with Gasteiger partial charge < -0.3 is 0 Å². The van der Waals surface area contributed by atoms with Gasteiger partial charge in [-0.05, 0) is 25.7 Å². The molecule has 0 amide bonds. The van der Waals surface area contributed by atoms with Crippen molar-refractivity contribution in [3.05, 3.63) is 17.6 Å². The molecule has 2 radical (unpaired) electrons. The molecular weight excluding hydrogens is 72.1 g/mol. The maximum atomic E-state index is 3.25. The molecule has 0 atom stereocenters. The third-order valence-electron chi connectivity index (χ3n) is 1.48. The van der Waals surface area contributed by atoms with Gasteiger partial charge in [-0.3, -0.25) is 0 Å². The Bertz CT molecular complexity index is 97.2. The Morgan fingerprint density at radius 2 is 1.83 bits per heavy atom. The van der Waals surface area contributed by atoms with Crippen LogP contribution in [0.2, 0.25) is 0 Å². The lowest BCUT2D eigenvalue weighted by Crippen LogP contribution is -1.68. The fourth-order valence-electron chi connectivity index (χ4n) is 0.953. The summed E-state index contributed by atoms with van der Waals surface area (Å²) in [7, 11) is 0. The summed E-state index contributed by atoms with van der Waals surface area (Å²) in [5, 5.41) is 0. The Labute approximate surface area is 37.9 Å². The summed E-state index contributed by atoms with van der Waals surface area (Å²) in [4.78, 5) is 0. The molecule has 0 aromatic rings. The molecule has 0 heteroatoms. The lowest BCUT2D eigenvalue weighted by atomic mass is 10.2. The van der Waals surface area contributed by atoms with E-state index in [9.17, 15) is 0 Å². The van der Waals surface area contributed by atoms with Crippen LogP contribution in [0.15, 0.2) is 11.1 Å². The first-order chi connectivity index (χ1) is 2.97. The third-order valence-corrected chi connectivity index (χ3v) is 1.48. The highest BCUT2D eigenvalue weighted by atomic mass is 14.3. The molecule has 0 N–H and O–H groups in total. The van der Waals surface area contributed by atoms with E-state index in [0.29, 0.717) is 0 Å². The van der Waals surface area contributed by atoms with Crippen molar-refractivity contribution in [1.29, 1.82) is 0 Å². The molecule has 0 bridgehead atoms. The molecule has 2 rings (SSSR count). The number of rotatable bonds is 0. The zero-order chi connectivity index (χ0) is 3.98. The molecule has 0 fully saturated rings. The normalized spacial score (nSPS) is 28.0. The van der Waals surface area contributed by atoms with Gasteiger partial charge in [0.15, 0.2) is 0 Å². The highest BCUT2D eigenvalue weighted by Crippen LogP contribution is 2.43. The van der Waals surface area contributed by atoms with Gasteiger partial charge in [0.05, 0.1) is 0 Å². The minimum absolute atomic E-state index is 1.19. The van der Waals surface area contributed by atoms with Gasteiger partial charge in [-0.25, -0.2) is 0 Å². The molecule has 0 heterocycles. The minimum Gasteiger partial charge on any atom is -0.0660 e. The van der Waals surface area contributed by atoms with Crippen LogP contribution in [0.4, 0.5) is 0 Å². The summed E-state index contributed by atoms with van der Waals surface area (Å²) in [6, 6.07) is 0. The molecule has 0 aromatic carbocycles. The van der Waals surface area contributed by atoms with Crippen molar-refractivity contribution < 1.29 is 0 Å². The number of hydrogen-bond acceptors (Lipinski definition) is 0. The van der Waals surface area contributed by atoms with Crippen LogP contribution in [-0.2, 0) is 0 Å².